The van der Waals surface area contributed by atoms with Crippen LogP contribution in [0.25, 0.3) is 0 Å². The lowest BCUT2D eigenvalue weighted by Crippen LogP contribution is -2.60. The Bertz CT molecular complexity index is 374. The summed E-state index contributed by atoms with van der Waals surface area (Å²) >= 11 is 0. The highest BCUT2D eigenvalue weighted by molar-refractivity contribution is 5.38. The first-order valence-corrected chi connectivity index (χ1v) is 4.92. The standard InChI is InChI=1S/C11H12FNO/c12-9-1-2-10-8(5-9)3-4-13-11(10)6-14-7-11/h1-2,5,13H,3-4,6-7H2. The van der Waals surface area contributed by atoms with E-state index < -0.39 is 0 Å². The Morgan fingerprint density at radius 2 is 2.21 bits per heavy atom. The minimum atomic E-state index is -0.138. The molecular formula is C11H12FNO. The van der Waals surface area contributed by atoms with Crippen LogP contribution in [0.15, 0.2) is 18.2 Å². The van der Waals surface area contributed by atoms with Gasteiger partial charge in [0.05, 0.1) is 18.8 Å². The van der Waals surface area contributed by atoms with Gasteiger partial charge in [0.2, 0.25) is 0 Å². The zero-order valence-electron chi connectivity index (χ0n) is 7.85. The third-order valence-electron chi connectivity index (χ3n) is 3.14. The second kappa shape index (κ2) is 2.78. The number of hydrogen-bond donors (Lipinski definition) is 1. The molecule has 1 saturated heterocycles. The number of ether oxygens (including phenoxy) is 1. The van der Waals surface area contributed by atoms with Crippen molar-refractivity contribution < 1.29 is 9.13 Å². The van der Waals surface area contributed by atoms with Gasteiger partial charge in [-0.15, -0.1) is 0 Å². The van der Waals surface area contributed by atoms with Crippen LogP contribution < -0.4 is 5.32 Å². The summed E-state index contributed by atoms with van der Waals surface area (Å²) in [5.74, 6) is -0.138. The summed E-state index contributed by atoms with van der Waals surface area (Å²) in [6.07, 6.45) is 0.912. The molecule has 0 radical (unpaired) electrons. The van der Waals surface area contributed by atoms with E-state index in [1.54, 1.807) is 6.07 Å². The van der Waals surface area contributed by atoms with Crippen molar-refractivity contribution in [3.05, 3.63) is 35.1 Å². The van der Waals surface area contributed by atoms with Crippen molar-refractivity contribution in [2.75, 3.05) is 19.8 Å². The molecule has 0 amide bonds. The zero-order chi connectivity index (χ0) is 9.60. The molecule has 2 aliphatic heterocycles. The number of nitrogens with one attached hydrogen (secondary N) is 1. The van der Waals surface area contributed by atoms with Crippen molar-refractivity contribution in [1.82, 2.24) is 5.32 Å². The van der Waals surface area contributed by atoms with Crippen LogP contribution >= 0.6 is 0 Å². The van der Waals surface area contributed by atoms with E-state index in [9.17, 15) is 4.39 Å². The fourth-order valence-corrected chi connectivity index (χ4v) is 2.33. The van der Waals surface area contributed by atoms with Crippen molar-refractivity contribution in [3.8, 4) is 0 Å². The number of benzene rings is 1. The van der Waals surface area contributed by atoms with Crippen molar-refractivity contribution in [3.63, 3.8) is 0 Å². The number of fused-ring (bicyclic) bond motifs is 2. The Hall–Kier alpha value is -0.930. The summed E-state index contributed by atoms with van der Waals surface area (Å²) in [6, 6.07) is 5.07. The molecular weight excluding hydrogens is 181 g/mol. The lowest BCUT2D eigenvalue weighted by Gasteiger charge is -2.46. The van der Waals surface area contributed by atoms with Crippen LogP contribution in [0.5, 0.6) is 0 Å². The van der Waals surface area contributed by atoms with Crippen LogP contribution in [-0.2, 0) is 16.7 Å². The smallest absolute Gasteiger partial charge is 0.123 e. The van der Waals surface area contributed by atoms with Gasteiger partial charge in [-0.3, -0.25) is 0 Å². The van der Waals surface area contributed by atoms with E-state index in [1.807, 2.05) is 6.07 Å². The predicted octanol–water partition coefficient (Wildman–Crippen LogP) is 1.20. The van der Waals surface area contributed by atoms with Crippen LogP contribution in [0.3, 0.4) is 0 Å². The Balaban J connectivity index is 2.10. The zero-order valence-corrected chi connectivity index (χ0v) is 7.85. The van der Waals surface area contributed by atoms with Gasteiger partial charge >= 0.3 is 0 Å². The number of rotatable bonds is 0. The first-order valence-electron chi connectivity index (χ1n) is 4.92. The van der Waals surface area contributed by atoms with Gasteiger partial charge in [-0.05, 0) is 29.7 Å². The lowest BCUT2D eigenvalue weighted by molar-refractivity contribution is -0.0814. The van der Waals surface area contributed by atoms with E-state index >= 15 is 0 Å². The monoisotopic (exact) mass is 193 g/mol. The van der Waals surface area contributed by atoms with Crippen molar-refractivity contribution in [1.29, 1.82) is 0 Å². The average Bonchev–Trinajstić information content (AvgIpc) is 2.13. The maximum Gasteiger partial charge on any atom is 0.123 e. The maximum atomic E-state index is 13.0. The number of hydrogen-bond acceptors (Lipinski definition) is 2. The molecule has 2 heterocycles. The van der Waals surface area contributed by atoms with E-state index in [1.165, 1.54) is 11.6 Å². The van der Waals surface area contributed by atoms with Gasteiger partial charge in [0, 0.05) is 6.54 Å². The first kappa shape index (κ1) is 8.38. The van der Waals surface area contributed by atoms with E-state index in [0.717, 1.165) is 18.5 Å². The van der Waals surface area contributed by atoms with Crippen molar-refractivity contribution in [2.24, 2.45) is 0 Å². The van der Waals surface area contributed by atoms with Gasteiger partial charge in [-0.25, -0.2) is 4.39 Å². The van der Waals surface area contributed by atoms with E-state index in [2.05, 4.69) is 5.32 Å². The quantitative estimate of drug-likeness (QED) is 0.668. The third-order valence-corrected chi connectivity index (χ3v) is 3.14. The molecule has 1 fully saturated rings. The highest BCUT2D eigenvalue weighted by Crippen LogP contribution is 2.34. The maximum absolute atomic E-state index is 13.0. The molecule has 3 heteroatoms. The first-order chi connectivity index (χ1) is 6.80. The van der Waals surface area contributed by atoms with Gasteiger partial charge in [-0.1, -0.05) is 6.07 Å². The Morgan fingerprint density at radius 1 is 1.36 bits per heavy atom. The molecule has 1 aromatic rings. The Kier molecular flexibility index (Phi) is 1.66. The molecule has 0 unspecified atom stereocenters. The van der Waals surface area contributed by atoms with Crippen molar-refractivity contribution >= 4 is 0 Å². The predicted molar refractivity (Wildman–Crippen MR) is 50.6 cm³/mol. The topological polar surface area (TPSA) is 21.3 Å². The molecule has 0 bridgehead atoms. The molecule has 2 aliphatic rings. The third kappa shape index (κ3) is 1.03. The van der Waals surface area contributed by atoms with E-state index in [-0.39, 0.29) is 11.4 Å². The van der Waals surface area contributed by atoms with E-state index in [0.29, 0.717) is 13.2 Å². The minimum absolute atomic E-state index is 0.0126. The van der Waals surface area contributed by atoms with Gasteiger partial charge in [0.25, 0.3) is 0 Å². The SMILES string of the molecule is Fc1ccc2c(c1)CCNC21COC1. The fraction of sp³-hybridized carbons (Fsp3) is 0.455. The normalized spacial score (nSPS) is 22.9. The summed E-state index contributed by atoms with van der Waals surface area (Å²) in [4.78, 5) is 0. The largest absolute Gasteiger partial charge is 0.377 e. The molecule has 0 aromatic heterocycles. The molecule has 2 nitrogen and oxygen atoms in total. The lowest BCUT2D eigenvalue weighted by atomic mass is 9.81. The van der Waals surface area contributed by atoms with Gasteiger partial charge in [0.15, 0.2) is 0 Å². The summed E-state index contributed by atoms with van der Waals surface area (Å²) in [5.41, 5.74) is 2.34. The van der Waals surface area contributed by atoms with Crippen LogP contribution in [0.1, 0.15) is 11.1 Å². The Morgan fingerprint density at radius 3 is 2.93 bits per heavy atom. The van der Waals surface area contributed by atoms with Crippen LogP contribution in [0.2, 0.25) is 0 Å². The minimum Gasteiger partial charge on any atom is -0.377 e. The van der Waals surface area contributed by atoms with Crippen LogP contribution in [-0.4, -0.2) is 19.8 Å². The molecule has 1 aromatic carbocycles. The van der Waals surface area contributed by atoms with Crippen LogP contribution in [0, 0.1) is 5.82 Å². The summed E-state index contributed by atoms with van der Waals surface area (Å²) in [7, 11) is 0. The van der Waals surface area contributed by atoms with Gasteiger partial charge in [0.1, 0.15) is 5.82 Å². The molecule has 0 saturated carbocycles. The molecule has 0 aliphatic carbocycles. The summed E-state index contributed by atoms with van der Waals surface area (Å²) < 4.78 is 18.3. The fourth-order valence-electron chi connectivity index (χ4n) is 2.33. The average molecular weight is 193 g/mol. The molecule has 74 valence electrons. The van der Waals surface area contributed by atoms with E-state index in [4.69, 9.17) is 4.74 Å². The second-order valence-corrected chi connectivity index (χ2v) is 4.05. The van der Waals surface area contributed by atoms with Gasteiger partial charge < -0.3 is 10.1 Å². The highest BCUT2D eigenvalue weighted by atomic mass is 19.1. The molecule has 1 spiro atoms. The van der Waals surface area contributed by atoms with Gasteiger partial charge in [-0.2, -0.15) is 0 Å². The molecule has 14 heavy (non-hydrogen) atoms. The summed E-state index contributed by atoms with van der Waals surface area (Å²) in [5, 5.41) is 3.46. The van der Waals surface area contributed by atoms with Crippen molar-refractivity contribution in [2.45, 2.75) is 12.0 Å². The molecule has 3 rings (SSSR count). The molecule has 1 N–H and O–H groups in total. The van der Waals surface area contributed by atoms with Crippen LogP contribution in [0.4, 0.5) is 4.39 Å². The second-order valence-electron chi connectivity index (χ2n) is 4.05. The summed E-state index contributed by atoms with van der Waals surface area (Å²) in [6.45, 7) is 2.34. The Labute approximate surface area is 82.1 Å². The highest BCUT2D eigenvalue weighted by Gasteiger charge is 2.43. The number of halogens is 1. The molecule has 0 atom stereocenters.